The van der Waals surface area contributed by atoms with E-state index in [0.717, 1.165) is 21.5 Å². The van der Waals surface area contributed by atoms with Crippen LogP contribution in [0.25, 0.3) is 43.5 Å². The molecule has 2 N–H and O–H groups in total. The molecule has 1 amide bonds. The van der Waals surface area contributed by atoms with Crippen LogP contribution in [0.2, 0.25) is 0 Å². The molecule has 6 aromatic rings. The van der Waals surface area contributed by atoms with Gasteiger partial charge >= 0.3 is 0 Å². The highest BCUT2D eigenvalue weighted by molar-refractivity contribution is 7.16. The molecule has 4 aromatic heterocycles. The summed E-state index contributed by atoms with van der Waals surface area (Å²) in [6.07, 6.45) is -0.205. The molecule has 0 saturated carbocycles. The fraction of sp³-hybridized carbons (Fsp3) is 0.0769. The minimum absolute atomic E-state index is 0.0241. The van der Waals surface area contributed by atoms with E-state index in [9.17, 15) is 9.59 Å². The number of hydrogen-bond acceptors (Lipinski definition) is 8. The van der Waals surface area contributed by atoms with Crippen LogP contribution >= 0.6 is 22.7 Å². The molecule has 7 nitrogen and oxygen atoms in total. The Hall–Kier alpha value is -4.08. The van der Waals surface area contributed by atoms with Gasteiger partial charge in [0.2, 0.25) is 17.0 Å². The largest absolute Gasteiger partial charge is 0.438 e. The summed E-state index contributed by atoms with van der Waals surface area (Å²) in [5, 5.41) is 21.2. The fourth-order valence-corrected chi connectivity index (χ4v) is 6.05. The van der Waals surface area contributed by atoms with Gasteiger partial charge < -0.3 is 14.2 Å². The zero-order valence-electron chi connectivity index (χ0n) is 18.4. The van der Waals surface area contributed by atoms with E-state index in [1.807, 2.05) is 59.3 Å². The van der Waals surface area contributed by atoms with E-state index in [1.54, 1.807) is 0 Å². The number of carbonyl (C=O) groups excluding carboxylic acids is 2. The molecule has 6 rings (SSSR count). The Morgan fingerprint density at radius 3 is 2.23 bits per heavy atom. The van der Waals surface area contributed by atoms with Crippen LogP contribution in [0.3, 0.4) is 0 Å². The van der Waals surface area contributed by atoms with Crippen LogP contribution in [0.5, 0.6) is 0 Å². The van der Waals surface area contributed by atoms with Crippen molar-refractivity contribution < 1.29 is 18.4 Å². The van der Waals surface area contributed by atoms with Gasteiger partial charge in [-0.1, -0.05) is 36.4 Å². The summed E-state index contributed by atoms with van der Waals surface area (Å²) in [4.78, 5) is 28.6. The monoisotopic (exact) mass is 499 g/mol. The Morgan fingerprint density at radius 1 is 0.886 bits per heavy atom. The number of fused-ring (bicyclic) bond motifs is 6. The lowest BCUT2D eigenvalue weighted by Gasteiger charge is -2.04. The first-order valence-corrected chi connectivity index (χ1v) is 12.5. The number of ketones is 1. The molecule has 0 fully saturated rings. The van der Waals surface area contributed by atoms with Crippen molar-refractivity contribution in [2.75, 3.05) is 5.32 Å². The van der Waals surface area contributed by atoms with E-state index in [4.69, 9.17) is 19.2 Å². The van der Waals surface area contributed by atoms with E-state index < -0.39 is 0 Å². The standard InChI is InChI=1S/C26H17N3O4S2/c1-13(30)10-20(31)28-26-22-17(12-35-26)15-7-3-5-9-19(15)33-24(22)29-25-21-16(11-34-25)14-6-2-4-8-18(14)32-23(21)27/h2-9,11-12,27H,10H2,1H3,(H,28,31)/b27-23?,29-24-. The zero-order chi connectivity index (χ0) is 24.1. The first kappa shape index (κ1) is 21.5. The molecule has 0 bridgehead atoms. The molecule has 4 heterocycles. The Kier molecular flexibility index (Phi) is 5.09. The van der Waals surface area contributed by atoms with Crippen molar-refractivity contribution in [3.05, 3.63) is 70.4 Å². The van der Waals surface area contributed by atoms with Crippen molar-refractivity contribution in [2.45, 2.75) is 13.3 Å². The number of thiophene rings is 2. The van der Waals surface area contributed by atoms with E-state index in [1.165, 1.54) is 29.6 Å². The summed E-state index contributed by atoms with van der Waals surface area (Å²) in [6.45, 7) is 1.38. The molecular formula is C26H17N3O4S2. The first-order valence-electron chi connectivity index (χ1n) is 10.7. The van der Waals surface area contributed by atoms with Crippen LogP contribution in [0, 0.1) is 5.41 Å². The van der Waals surface area contributed by atoms with Crippen molar-refractivity contribution in [3.63, 3.8) is 0 Å². The molecule has 0 unspecified atom stereocenters. The second-order valence-electron chi connectivity index (χ2n) is 8.05. The van der Waals surface area contributed by atoms with Crippen LogP contribution in [0.4, 0.5) is 10.0 Å². The van der Waals surface area contributed by atoms with Gasteiger partial charge in [0.05, 0.1) is 17.2 Å². The smallest absolute Gasteiger partial charge is 0.232 e. The molecule has 35 heavy (non-hydrogen) atoms. The maximum absolute atomic E-state index is 12.4. The Labute approximate surface area is 205 Å². The summed E-state index contributed by atoms with van der Waals surface area (Å²) in [5.41, 5.74) is 1.63. The van der Waals surface area contributed by atoms with Crippen molar-refractivity contribution in [1.29, 1.82) is 5.41 Å². The SMILES string of the molecule is CC(=O)CC(=O)Nc1scc2c1/c(=N/c1scc3c1c(=N)oc1ccccc13)oc1ccccc12. The van der Waals surface area contributed by atoms with Gasteiger partial charge in [-0.2, -0.15) is 0 Å². The Morgan fingerprint density at radius 2 is 1.51 bits per heavy atom. The van der Waals surface area contributed by atoms with Gasteiger partial charge in [0.15, 0.2) is 0 Å². The molecule has 0 saturated heterocycles. The first-order chi connectivity index (χ1) is 17.0. The predicted octanol–water partition coefficient (Wildman–Crippen LogP) is 6.24. The number of anilines is 1. The summed E-state index contributed by atoms with van der Waals surface area (Å²) >= 11 is 2.75. The van der Waals surface area contributed by atoms with Gasteiger partial charge in [-0.05, 0) is 19.1 Å². The highest BCUT2D eigenvalue weighted by atomic mass is 32.1. The molecule has 0 spiro atoms. The third-order valence-corrected chi connectivity index (χ3v) is 7.41. The quantitative estimate of drug-likeness (QED) is 0.280. The van der Waals surface area contributed by atoms with Crippen molar-refractivity contribution in [1.82, 2.24) is 0 Å². The van der Waals surface area contributed by atoms with Crippen molar-refractivity contribution >= 4 is 87.8 Å². The number of carbonyl (C=O) groups is 2. The second kappa shape index (κ2) is 8.30. The molecule has 0 aliphatic heterocycles. The lowest BCUT2D eigenvalue weighted by molar-refractivity contribution is -0.124. The molecule has 9 heteroatoms. The predicted molar refractivity (Wildman–Crippen MR) is 138 cm³/mol. The second-order valence-corrected chi connectivity index (χ2v) is 9.79. The lowest BCUT2D eigenvalue weighted by Crippen LogP contribution is -2.15. The molecular weight excluding hydrogens is 482 g/mol. The minimum atomic E-state index is -0.388. The maximum atomic E-state index is 12.4. The summed E-state index contributed by atoms with van der Waals surface area (Å²) in [7, 11) is 0. The number of benzene rings is 2. The van der Waals surface area contributed by atoms with E-state index >= 15 is 0 Å². The topological polar surface area (TPSA) is 109 Å². The van der Waals surface area contributed by atoms with Gasteiger partial charge in [0, 0.05) is 32.3 Å². The summed E-state index contributed by atoms with van der Waals surface area (Å²) in [5.74, 6) is -0.604. The number of para-hydroxylation sites is 2. The number of nitrogens with one attached hydrogen (secondary N) is 2. The molecule has 2 aromatic carbocycles. The number of nitrogens with zero attached hydrogens (tertiary/aromatic N) is 1. The summed E-state index contributed by atoms with van der Waals surface area (Å²) < 4.78 is 12.0. The third-order valence-electron chi connectivity index (χ3n) is 5.64. The van der Waals surface area contributed by atoms with Gasteiger partial charge in [-0.15, -0.1) is 22.7 Å². The average Bonchev–Trinajstić information content (AvgIpc) is 3.44. The van der Waals surface area contributed by atoms with Gasteiger partial charge in [-0.3, -0.25) is 15.0 Å². The highest BCUT2D eigenvalue weighted by Gasteiger charge is 2.17. The van der Waals surface area contributed by atoms with Crippen LogP contribution in [-0.2, 0) is 9.59 Å². The van der Waals surface area contributed by atoms with Crippen LogP contribution in [0.15, 0.2) is 73.1 Å². The zero-order valence-corrected chi connectivity index (χ0v) is 20.0. The summed E-state index contributed by atoms with van der Waals surface area (Å²) in [6, 6.07) is 15.2. The van der Waals surface area contributed by atoms with E-state index in [2.05, 4.69) is 5.32 Å². The minimum Gasteiger partial charge on any atom is -0.438 e. The molecule has 0 aliphatic rings. The number of amides is 1. The maximum Gasteiger partial charge on any atom is 0.232 e. The number of Topliss-reactive ketones (excluding diaryl/α,β-unsaturated/α-hetero) is 1. The van der Waals surface area contributed by atoms with E-state index in [-0.39, 0.29) is 23.7 Å². The van der Waals surface area contributed by atoms with Crippen LogP contribution in [0.1, 0.15) is 13.3 Å². The number of hydrogen-bond donors (Lipinski definition) is 2. The average molecular weight is 500 g/mol. The van der Waals surface area contributed by atoms with Gasteiger partial charge in [-0.25, -0.2) is 4.99 Å². The molecule has 0 radical (unpaired) electrons. The van der Waals surface area contributed by atoms with Gasteiger partial charge in [0.1, 0.15) is 27.0 Å². The normalized spacial score (nSPS) is 12.2. The molecule has 0 atom stereocenters. The van der Waals surface area contributed by atoms with Crippen molar-refractivity contribution in [2.24, 2.45) is 4.99 Å². The van der Waals surface area contributed by atoms with Crippen LogP contribution in [-0.4, -0.2) is 11.7 Å². The molecule has 172 valence electrons. The number of rotatable bonds is 4. The van der Waals surface area contributed by atoms with Gasteiger partial charge in [0.25, 0.3) is 0 Å². The van der Waals surface area contributed by atoms with Crippen molar-refractivity contribution in [3.8, 4) is 0 Å². The van der Waals surface area contributed by atoms with E-state index in [0.29, 0.717) is 37.5 Å². The fourth-order valence-electron chi connectivity index (χ4n) is 4.15. The Bertz CT molecular complexity index is 1940. The van der Waals surface area contributed by atoms with Crippen LogP contribution < -0.4 is 16.4 Å². The highest BCUT2D eigenvalue weighted by Crippen LogP contribution is 2.37. The molecule has 0 aliphatic carbocycles. The lowest BCUT2D eigenvalue weighted by atomic mass is 10.1. The third kappa shape index (κ3) is 3.65. The Balaban J connectivity index is 1.64.